The maximum absolute atomic E-state index is 11.5. The van der Waals surface area contributed by atoms with Crippen LogP contribution in [0, 0.1) is 0 Å². The van der Waals surface area contributed by atoms with E-state index in [9.17, 15) is 9.59 Å². The molecule has 1 rings (SSSR count). The summed E-state index contributed by atoms with van der Waals surface area (Å²) in [6.07, 6.45) is 0. The molecule has 1 aromatic carbocycles. The van der Waals surface area contributed by atoms with Crippen LogP contribution in [0.5, 0.6) is 0 Å². The molecule has 0 radical (unpaired) electrons. The number of hydrogen-bond acceptors (Lipinski definition) is 2. The molecule has 0 saturated heterocycles. The Morgan fingerprint density at radius 3 is 2.40 bits per heavy atom. The Morgan fingerprint density at radius 2 is 1.87 bits per heavy atom. The number of amides is 3. The van der Waals surface area contributed by atoms with Crippen LogP contribution < -0.4 is 16.4 Å². The van der Waals surface area contributed by atoms with Gasteiger partial charge in [-0.25, -0.2) is 4.79 Å². The van der Waals surface area contributed by atoms with Gasteiger partial charge in [-0.1, -0.05) is 18.2 Å². The largest absolute Gasteiger partial charge is 0.352 e. The minimum atomic E-state index is -0.717. The highest BCUT2D eigenvalue weighted by Gasteiger charge is 2.13. The van der Waals surface area contributed by atoms with Crippen molar-refractivity contribution >= 4 is 17.6 Å². The van der Waals surface area contributed by atoms with Crippen molar-refractivity contribution in [2.75, 3.05) is 5.32 Å². The Bertz CT molecular complexity index is 351. The first-order chi connectivity index (χ1) is 7.09. The van der Waals surface area contributed by atoms with Gasteiger partial charge in [0.2, 0.25) is 5.91 Å². The molecule has 0 aliphatic carbocycles. The van der Waals surface area contributed by atoms with E-state index in [4.69, 9.17) is 5.73 Å². The van der Waals surface area contributed by atoms with Gasteiger partial charge in [0.1, 0.15) is 6.04 Å². The molecule has 0 fully saturated rings. The Hall–Kier alpha value is -2.04. The fourth-order valence-electron chi connectivity index (χ4n) is 1.05. The second-order valence-electron chi connectivity index (χ2n) is 3.09. The summed E-state index contributed by atoms with van der Waals surface area (Å²) >= 11 is 0. The number of urea groups is 1. The molecule has 0 saturated carbocycles. The summed E-state index contributed by atoms with van der Waals surface area (Å²) in [5, 5.41) is 4.93. The monoisotopic (exact) mass is 207 g/mol. The lowest BCUT2D eigenvalue weighted by molar-refractivity contribution is -0.117. The zero-order valence-electron chi connectivity index (χ0n) is 8.36. The first-order valence-corrected chi connectivity index (χ1v) is 4.51. The molecule has 0 aliphatic heterocycles. The number of carbonyl (C=O) groups is 2. The third-order valence-corrected chi connectivity index (χ3v) is 1.79. The number of para-hydroxylation sites is 1. The molecule has 1 atom stereocenters. The van der Waals surface area contributed by atoms with Crippen LogP contribution in [-0.2, 0) is 4.79 Å². The number of anilines is 1. The fourth-order valence-corrected chi connectivity index (χ4v) is 1.05. The Balaban J connectivity index is 2.52. The molecule has 0 aliphatic rings. The topological polar surface area (TPSA) is 84.2 Å². The SMILES string of the molecule is CC(NC(N)=O)C(=O)Nc1ccccc1. The summed E-state index contributed by atoms with van der Waals surface area (Å²) < 4.78 is 0. The van der Waals surface area contributed by atoms with Gasteiger partial charge in [-0.2, -0.15) is 0 Å². The van der Waals surface area contributed by atoms with Crippen LogP contribution in [0.15, 0.2) is 30.3 Å². The number of benzene rings is 1. The molecule has 0 spiro atoms. The average Bonchev–Trinajstić information content (AvgIpc) is 2.18. The molecule has 0 bridgehead atoms. The molecular weight excluding hydrogens is 194 g/mol. The maximum atomic E-state index is 11.5. The molecule has 0 aromatic heterocycles. The molecule has 0 heterocycles. The van der Waals surface area contributed by atoms with Crippen molar-refractivity contribution in [2.24, 2.45) is 5.73 Å². The van der Waals surface area contributed by atoms with Gasteiger partial charge in [-0.05, 0) is 19.1 Å². The van der Waals surface area contributed by atoms with Gasteiger partial charge in [0.15, 0.2) is 0 Å². The predicted molar refractivity (Wildman–Crippen MR) is 57.3 cm³/mol. The highest BCUT2D eigenvalue weighted by atomic mass is 16.2. The summed E-state index contributed by atoms with van der Waals surface area (Å²) in [6.45, 7) is 1.56. The lowest BCUT2D eigenvalue weighted by Crippen LogP contribution is -2.44. The summed E-state index contributed by atoms with van der Waals surface area (Å²) in [7, 11) is 0. The summed E-state index contributed by atoms with van der Waals surface area (Å²) in [5.74, 6) is -0.306. The van der Waals surface area contributed by atoms with Gasteiger partial charge >= 0.3 is 6.03 Å². The predicted octanol–water partition coefficient (Wildman–Crippen LogP) is 0.682. The second kappa shape index (κ2) is 4.99. The van der Waals surface area contributed by atoms with E-state index in [1.54, 1.807) is 19.1 Å². The van der Waals surface area contributed by atoms with E-state index in [0.29, 0.717) is 5.69 Å². The molecule has 5 heteroatoms. The second-order valence-corrected chi connectivity index (χ2v) is 3.09. The van der Waals surface area contributed by atoms with Crippen LogP contribution in [0.2, 0.25) is 0 Å². The maximum Gasteiger partial charge on any atom is 0.312 e. The molecular formula is C10H13N3O2. The lowest BCUT2D eigenvalue weighted by atomic mass is 10.3. The Kier molecular flexibility index (Phi) is 3.68. The van der Waals surface area contributed by atoms with Crippen LogP contribution in [0.25, 0.3) is 0 Å². The van der Waals surface area contributed by atoms with Crippen molar-refractivity contribution in [1.29, 1.82) is 0 Å². The first kappa shape index (κ1) is 11.0. The van der Waals surface area contributed by atoms with Crippen molar-refractivity contribution in [3.8, 4) is 0 Å². The van der Waals surface area contributed by atoms with Crippen LogP contribution in [0.1, 0.15) is 6.92 Å². The van der Waals surface area contributed by atoms with Crippen molar-refractivity contribution in [3.05, 3.63) is 30.3 Å². The first-order valence-electron chi connectivity index (χ1n) is 4.51. The van der Waals surface area contributed by atoms with Crippen LogP contribution in [0.3, 0.4) is 0 Å². The summed E-state index contributed by atoms with van der Waals surface area (Å²) in [5.41, 5.74) is 5.58. The molecule has 1 unspecified atom stereocenters. The molecule has 3 amide bonds. The van der Waals surface area contributed by atoms with E-state index in [1.807, 2.05) is 18.2 Å². The number of primary amides is 1. The van der Waals surface area contributed by atoms with E-state index in [-0.39, 0.29) is 5.91 Å². The van der Waals surface area contributed by atoms with E-state index in [1.165, 1.54) is 0 Å². The zero-order chi connectivity index (χ0) is 11.3. The van der Waals surface area contributed by atoms with E-state index in [2.05, 4.69) is 10.6 Å². The van der Waals surface area contributed by atoms with Crippen molar-refractivity contribution in [1.82, 2.24) is 5.32 Å². The van der Waals surface area contributed by atoms with Crippen molar-refractivity contribution in [3.63, 3.8) is 0 Å². The standard InChI is InChI=1S/C10H13N3O2/c1-7(12-10(11)15)9(14)13-8-5-3-2-4-6-8/h2-7H,1H3,(H,13,14)(H3,11,12,15). The van der Waals surface area contributed by atoms with E-state index < -0.39 is 12.1 Å². The van der Waals surface area contributed by atoms with Crippen molar-refractivity contribution in [2.45, 2.75) is 13.0 Å². The minimum Gasteiger partial charge on any atom is -0.352 e. The van der Waals surface area contributed by atoms with Crippen molar-refractivity contribution < 1.29 is 9.59 Å². The minimum absolute atomic E-state index is 0.306. The van der Waals surface area contributed by atoms with Gasteiger partial charge in [-0.15, -0.1) is 0 Å². The number of nitrogens with two attached hydrogens (primary N) is 1. The Labute approximate surface area is 87.7 Å². The smallest absolute Gasteiger partial charge is 0.312 e. The summed E-state index contributed by atoms with van der Waals surface area (Å²) in [4.78, 5) is 22.0. The van der Waals surface area contributed by atoms with Gasteiger partial charge in [0, 0.05) is 5.69 Å². The highest BCUT2D eigenvalue weighted by Crippen LogP contribution is 2.05. The van der Waals surface area contributed by atoms with Gasteiger partial charge in [0.25, 0.3) is 0 Å². The Morgan fingerprint density at radius 1 is 1.27 bits per heavy atom. The number of hydrogen-bond donors (Lipinski definition) is 3. The van der Waals surface area contributed by atoms with Gasteiger partial charge in [-0.3, -0.25) is 4.79 Å². The number of nitrogens with one attached hydrogen (secondary N) is 2. The quantitative estimate of drug-likeness (QED) is 0.681. The van der Waals surface area contributed by atoms with Gasteiger partial charge < -0.3 is 16.4 Å². The summed E-state index contributed by atoms with van der Waals surface area (Å²) in [6, 6.07) is 7.61. The lowest BCUT2D eigenvalue weighted by Gasteiger charge is -2.12. The van der Waals surface area contributed by atoms with Crippen LogP contribution >= 0.6 is 0 Å². The highest BCUT2D eigenvalue weighted by molar-refractivity contribution is 5.96. The molecule has 4 N–H and O–H groups in total. The third-order valence-electron chi connectivity index (χ3n) is 1.79. The number of carbonyl (C=O) groups excluding carboxylic acids is 2. The van der Waals surface area contributed by atoms with E-state index >= 15 is 0 Å². The van der Waals surface area contributed by atoms with Gasteiger partial charge in [0.05, 0.1) is 0 Å². The average molecular weight is 207 g/mol. The zero-order valence-corrected chi connectivity index (χ0v) is 8.36. The molecule has 15 heavy (non-hydrogen) atoms. The third kappa shape index (κ3) is 3.68. The molecule has 5 nitrogen and oxygen atoms in total. The fraction of sp³-hybridized carbons (Fsp3) is 0.200. The molecule has 1 aromatic rings. The normalized spacial score (nSPS) is 11.5. The van der Waals surface area contributed by atoms with Crippen LogP contribution in [0.4, 0.5) is 10.5 Å². The number of rotatable bonds is 3. The van der Waals surface area contributed by atoms with E-state index in [0.717, 1.165) is 0 Å². The van der Waals surface area contributed by atoms with Crippen LogP contribution in [-0.4, -0.2) is 18.0 Å². The molecule has 80 valence electrons.